The van der Waals surface area contributed by atoms with Gasteiger partial charge in [-0.1, -0.05) is 23.5 Å². The predicted octanol–water partition coefficient (Wildman–Crippen LogP) is 2.39. The number of thiazole rings is 1. The lowest BCUT2D eigenvalue weighted by Gasteiger charge is -2.22. The SMILES string of the molecule is CCC(C)(C(=O)Nc1nc2cc(F)c(F)cc2s1)c1nn[nH]n1. The first kappa shape index (κ1) is 15.4. The highest BCUT2D eigenvalue weighted by Crippen LogP contribution is 2.30. The van der Waals surface area contributed by atoms with E-state index in [1.54, 1.807) is 6.92 Å². The van der Waals surface area contributed by atoms with Gasteiger partial charge in [0, 0.05) is 6.07 Å². The molecule has 1 amide bonds. The number of hydrogen-bond acceptors (Lipinski definition) is 6. The largest absolute Gasteiger partial charge is 0.301 e. The third-order valence-corrected chi connectivity index (χ3v) is 4.63. The Morgan fingerprint density at radius 2 is 2.13 bits per heavy atom. The van der Waals surface area contributed by atoms with E-state index in [1.807, 2.05) is 6.92 Å². The van der Waals surface area contributed by atoms with Crippen molar-refractivity contribution in [2.24, 2.45) is 0 Å². The first-order valence-corrected chi connectivity index (χ1v) is 7.56. The molecule has 0 radical (unpaired) electrons. The van der Waals surface area contributed by atoms with Gasteiger partial charge in [-0.3, -0.25) is 4.79 Å². The van der Waals surface area contributed by atoms with Gasteiger partial charge in [-0.2, -0.15) is 5.21 Å². The summed E-state index contributed by atoms with van der Waals surface area (Å²) in [5.41, 5.74) is -0.719. The van der Waals surface area contributed by atoms with Crippen molar-refractivity contribution in [3.63, 3.8) is 0 Å². The summed E-state index contributed by atoms with van der Waals surface area (Å²) < 4.78 is 26.9. The van der Waals surface area contributed by atoms with Crippen molar-refractivity contribution in [2.75, 3.05) is 5.32 Å². The van der Waals surface area contributed by atoms with Gasteiger partial charge in [0.2, 0.25) is 5.91 Å². The first-order chi connectivity index (χ1) is 10.9. The molecule has 23 heavy (non-hydrogen) atoms. The molecule has 0 aliphatic heterocycles. The molecule has 120 valence electrons. The summed E-state index contributed by atoms with van der Waals surface area (Å²) >= 11 is 1.06. The fourth-order valence-electron chi connectivity index (χ4n) is 2.03. The number of amides is 1. The maximum atomic E-state index is 13.2. The third-order valence-electron chi connectivity index (χ3n) is 3.70. The quantitative estimate of drug-likeness (QED) is 0.761. The van der Waals surface area contributed by atoms with Gasteiger partial charge < -0.3 is 5.32 Å². The predicted molar refractivity (Wildman–Crippen MR) is 80.0 cm³/mol. The summed E-state index contributed by atoms with van der Waals surface area (Å²) in [6.07, 6.45) is 0.437. The molecule has 0 saturated carbocycles. The van der Waals surface area contributed by atoms with Crippen LogP contribution in [0.1, 0.15) is 26.1 Å². The lowest BCUT2D eigenvalue weighted by atomic mass is 9.86. The second-order valence-corrected chi connectivity index (χ2v) is 6.16. The highest BCUT2D eigenvalue weighted by atomic mass is 32.1. The average Bonchev–Trinajstić information content (AvgIpc) is 3.16. The molecule has 1 unspecified atom stereocenters. The number of aromatic amines is 1. The molecule has 10 heteroatoms. The van der Waals surface area contributed by atoms with E-state index in [-0.39, 0.29) is 22.4 Å². The minimum absolute atomic E-state index is 0.248. The highest BCUT2D eigenvalue weighted by Gasteiger charge is 2.38. The Bertz CT molecular complexity index is 826. The monoisotopic (exact) mass is 338 g/mol. The van der Waals surface area contributed by atoms with Crippen molar-refractivity contribution in [3.05, 3.63) is 29.6 Å². The van der Waals surface area contributed by atoms with Crippen molar-refractivity contribution in [1.82, 2.24) is 25.6 Å². The van der Waals surface area contributed by atoms with Crippen LogP contribution in [0.2, 0.25) is 0 Å². The second kappa shape index (κ2) is 5.61. The van der Waals surface area contributed by atoms with E-state index in [0.29, 0.717) is 11.1 Å². The number of hydrogen-bond donors (Lipinski definition) is 2. The molecule has 0 fully saturated rings. The summed E-state index contributed by atoms with van der Waals surface area (Å²) in [7, 11) is 0. The van der Waals surface area contributed by atoms with Gasteiger partial charge in [-0.25, -0.2) is 13.8 Å². The molecule has 3 aromatic rings. The molecule has 0 saturated heterocycles. The van der Waals surface area contributed by atoms with Crippen LogP contribution < -0.4 is 5.32 Å². The van der Waals surface area contributed by atoms with E-state index in [4.69, 9.17) is 0 Å². The van der Waals surface area contributed by atoms with E-state index in [1.165, 1.54) is 0 Å². The molecule has 2 heterocycles. The van der Waals surface area contributed by atoms with Crippen LogP contribution in [0.15, 0.2) is 12.1 Å². The minimum atomic E-state index is -0.999. The second-order valence-electron chi connectivity index (χ2n) is 5.13. The van der Waals surface area contributed by atoms with Crippen molar-refractivity contribution in [3.8, 4) is 0 Å². The van der Waals surface area contributed by atoms with Crippen molar-refractivity contribution < 1.29 is 13.6 Å². The highest BCUT2D eigenvalue weighted by molar-refractivity contribution is 7.22. The molecule has 0 aliphatic carbocycles. The number of halogens is 2. The summed E-state index contributed by atoms with van der Waals surface area (Å²) in [4.78, 5) is 16.7. The fraction of sp³-hybridized carbons (Fsp3) is 0.308. The number of benzene rings is 1. The Morgan fingerprint density at radius 3 is 2.78 bits per heavy atom. The van der Waals surface area contributed by atoms with Gasteiger partial charge in [-0.05, 0) is 19.4 Å². The van der Waals surface area contributed by atoms with Crippen LogP contribution in [0.25, 0.3) is 10.2 Å². The Labute approximate surface area is 133 Å². The number of anilines is 1. The summed E-state index contributed by atoms with van der Waals surface area (Å²) in [5.74, 6) is -2.05. The van der Waals surface area contributed by atoms with Gasteiger partial charge >= 0.3 is 0 Å². The van der Waals surface area contributed by atoms with Crippen LogP contribution in [-0.4, -0.2) is 31.5 Å². The minimum Gasteiger partial charge on any atom is -0.301 e. The van der Waals surface area contributed by atoms with E-state index in [9.17, 15) is 13.6 Å². The molecular formula is C13H12F2N6OS. The van der Waals surface area contributed by atoms with Gasteiger partial charge in [0.1, 0.15) is 5.41 Å². The van der Waals surface area contributed by atoms with Crippen LogP contribution >= 0.6 is 11.3 Å². The van der Waals surface area contributed by atoms with E-state index in [0.717, 1.165) is 23.5 Å². The Balaban J connectivity index is 1.90. The van der Waals surface area contributed by atoms with Crippen molar-refractivity contribution >= 4 is 32.6 Å². The number of tetrazole rings is 1. The smallest absolute Gasteiger partial charge is 0.239 e. The number of rotatable bonds is 4. The van der Waals surface area contributed by atoms with Crippen LogP contribution in [0.3, 0.4) is 0 Å². The van der Waals surface area contributed by atoms with Gasteiger partial charge in [0.05, 0.1) is 10.2 Å². The average molecular weight is 338 g/mol. The maximum Gasteiger partial charge on any atom is 0.239 e. The zero-order valence-corrected chi connectivity index (χ0v) is 13.0. The Kier molecular flexibility index (Phi) is 3.76. The lowest BCUT2D eigenvalue weighted by Crippen LogP contribution is -2.38. The normalized spacial score (nSPS) is 13.9. The number of carbonyl (C=O) groups is 1. The standard InChI is InChI=1S/C13H12F2N6OS/c1-3-13(2,10-18-20-21-19-10)11(22)17-12-16-8-4-6(14)7(15)5-9(8)23-12/h4-5H,3H2,1-2H3,(H,16,17,22)(H,18,19,20,21). The van der Waals surface area contributed by atoms with Crippen LogP contribution in [0.5, 0.6) is 0 Å². The van der Waals surface area contributed by atoms with Gasteiger partial charge in [-0.15, -0.1) is 10.2 Å². The van der Waals surface area contributed by atoms with Crippen LogP contribution in [0.4, 0.5) is 13.9 Å². The van der Waals surface area contributed by atoms with Gasteiger partial charge in [0.25, 0.3) is 0 Å². The Hall–Kier alpha value is -2.49. The molecule has 3 rings (SSSR count). The topological polar surface area (TPSA) is 96.5 Å². The van der Waals surface area contributed by atoms with Crippen molar-refractivity contribution in [1.29, 1.82) is 0 Å². The van der Waals surface area contributed by atoms with E-state index >= 15 is 0 Å². The number of H-pyrrole nitrogens is 1. The van der Waals surface area contributed by atoms with Crippen molar-refractivity contribution in [2.45, 2.75) is 25.7 Å². The van der Waals surface area contributed by atoms with Crippen LogP contribution in [-0.2, 0) is 10.2 Å². The fourth-order valence-corrected chi connectivity index (χ4v) is 2.90. The lowest BCUT2D eigenvalue weighted by molar-refractivity contribution is -0.121. The molecule has 2 N–H and O–H groups in total. The number of nitrogens with zero attached hydrogens (tertiary/aromatic N) is 4. The number of nitrogens with one attached hydrogen (secondary N) is 2. The van der Waals surface area contributed by atoms with E-state index < -0.39 is 17.0 Å². The number of fused-ring (bicyclic) bond motifs is 1. The number of aromatic nitrogens is 5. The third kappa shape index (κ3) is 2.65. The summed E-state index contributed by atoms with van der Waals surface area (Å²) in [6.45, 7) is 3.50. The first-order valence-electron chi connectivity index (χ1n) is 6.75. The molecule has 1 atom stereocenters. The number of carbonyl (C=O) groups excluding carboxylic acids is 1. The molecule has 0 spiro atoms. The molecular weight excluding hydrogens is 326 g/mol. The summed E-state index contributed by atoms with van der Waals surface area (Å²) in [5, 5.41) is 16.4. The molecule has 0 aliphatic rings. The summed E-state index contributed by atoms with van der Waals surface area (Å²) in [6, 6.07) is 2.05. The van der Waals surface area contributed by atoms with E-state index in [2.05, 4.69) is 30.9 Å². The molecule has 0 bridgehead atoms. The zero-order valence-electron chi connectivity index (χ0n) is 12.2. The molecule has 1 aromatic carbocycles. The Morgan fingerprint density at radius 1 is 1.39 bits per heavy atom. The van der Waals surface area contributed by atoms with Crippen LogP contribution in [0, 0.1) is 11.6 Å². The zero-order chi connectivity index (χ0) is 16.6. The molecule has 2 aromatic heterocycles. The maximum absolute atomic E-state index is 13.2. The van der Waals surface area contributed by atoms with Gasteiger partial charge in [0.15, 0.2) is 22.6 Å². The molecule has 7 nitrogen and oxygen atoms in total.